The second-order valence-electron chi connectivity index (χ2n) is 6.80. The average Bonchev–Trinajstić information content (AvgIpc) is 3.24. The van der Waals surface area contributed by atoms with Gasteiger partial charge in [-0.3, -0.25) is 4.79 Å². The fourth-order valence-corrected chi connectivity index (χ4v) is 4.70. The molecule has 0 atom stereocenters. The average molecular weight is 415 g/mol. The van der Waals surface area contributed by atoms with Crippen LogP contribution in [0, 0.1) is 13.8 Å². The molecule has 1 aromatic heterocycles. The van der Waals surface area contributed by atoms with E-state index in [1.807, 2.05) is 18.2 Å². The SMILES string of the molecule is CSCCn1c(=NC(=O)Cc2ccc3c(c2)OCO3)sc2cc(C)c(C)cc21. The zero-order chi connectivity index (χ0) is 19.7. The van der Waals surface area contributed by atoms with Gasteiger partial charge in [-0.15, -0.1) is 0 Å². The van der Waals surface area contributed by atoms with E-state index in [2.05, 4.69) is 41.8 Å². The topological polar surface area (TPSA) is 52.8 Å². The van der Waals surface area contributed by atoms with Gasteiger partial charge in [0.1, 0.15) is 0 Å². The Bertz CT molecular complexity index is 1110. The summed E-state index contributed by atoms with van der Waals surface area (Å²) < 4.78 is 14.1. The van der Waals surface area contributed by atoms with Gasteiger partial charge in [0.2, 0.25) is 6.79 Å². The zero-order valence-electron chi connectivity index (χ0n) is 16.2. The Morgan fingerprint density at radius 1 is 1.18 bits per heavy atom. The molecule has 1 amide bonds. The predicted molar refractivity (Wildman–Crippen MR) is 115 cm³/mol. The lowest BCUT2D eigenvalue weighted by molar-refractivity contribution is -0.117. The first kappa shape index (κ1) is 19.1. The van der Waals surface area contributed by atoms with Gasteiger partial charge in [-0.2, -0.15) is 16.8 Å². The van der Waals surface area contributed by atoms with Gasteiger partial charge in [-0.25, -0.2) is 0 Å². The molecule has 0 spiro atoms. The first-order valence-electron chi connectivity index (χ1n) is 9.11. The number of fused-ring (bicyclic) bond motifs is 2. The Kier molecular flexibility index (Phi) is 5.46. The molecule has 0 saturated heterocycles. The monoisotopic (exact) mass is 414 g/mol. The third-order valence-electron chi connectivity index (χ3n) is 4.83. The summed E-state index contributed by atoms with van der Waals surface area (Å²) in [6.07, 6.45) is 2.33. The molecule has 1 aliphatic heterocycles. The molecule has 0 aliphatic carbocycles. The van der Waals surface area contributed by atoms with Gasteiger partial charge in [0.15, 0.2) is 16.3 Å². The first-order chi connectivity index (χ1) is 13.5. The lowest BCUT2D eigenvalue weighted by atomic mass is 10.1. The van der Waals surface area contributed by atoms with Crippen molar-refractivity contribution in [2.45, 2.75) is 26.8 Å². The van der Waals surface area contributed by atoms with Crippen LogP contribution < -0.4 is 14.3 Å². The van der Waals surface area contributed by atoms with Crippen molar-refractivity contribution in [2.24, 2.45) is 4.99 Å². The number of thiazole rings is 1. The van der Waals surface area contributed by atoms with Gasteiger partial charge in [-0.05, 0) is 61.1 Å². The van der Waals surface area contributed by atoms with Crippen LogP contribution in [0.2, 0.25) is 0 Å². The van der Waals surface area contributed by atoms with Crippen molar-refractivity contribution in [2.75, 3.05) is 18.8 Å². The number of hydrogen-bond donors (Lipinski definition) is 0. The van der Waals surface area contributed by atoms with Gasteiger partial charge in [0.25, 0.3) is 5.91 Å². The highest BCUT2D eigenvalue weighted by Gasteiger charge is 2.15. The molecule has 0 bridgehead atoms. The number of carbonyl (C=O) groups is 1. The minimum Gasteiger partial charge on any atom is -0.454 e. The third-order valence-corrected chi connectivity index (χ3v) is 6.46. The van der Waals surface area contributed by atoms with Crippen molar-refractivity contribution in [3.05, 3.63) is 51.8 Å². The number of hydrogen-bond acceptors (Lipinski definition) is 5. The van der Waals surface area contributed by atoms with Crippen molar-refractivity contribution < 1.29 is 14.3 Å². The van der Waals surface area contributed by atoms with Crippen LogP contribution in [-0.4, -0.2) is 29.3 Å². The Hall–Kier alpha value is -2.25. The van der Waals surface area contributed by atoms with E-state index in [0.717, 1.165) is 33.9 Å². The van der Waals surface area contributed by atoms with Crippen molar-refractivity contribution in [1.29, 1.82) is 0 Å². The standard InChI is InChI=1S/C21H22N2O3S2/c1-13-8-16-19(9-14(13)2)28-21(23(16)6-7-27-3)22-20(24)11-15-4-5-17-18(10-15)26-12-25-17/h4-5,8-10H,6-7,11-12H2,1-3H3. The van der Waals surface area contributed by atoms with Crippen LogP contribution in [0.15, 0.2) is 35.3 Å². The van der Waals surface area contributed by atoms with Gasteiger partial charge >= 0.3 is 0 Å². The van der Waals surface area contributed by atoms with Crippen molar-refractivity contribution in [3.63, 3.8) is 0 Å². The Morgan fingerprint density at radius 3 is 2.79 bits per heavy atom. The number of thioether (sulfide) groups is 1. The number of benzene rings is 2. The molecule has 0 unspecified atom stereocenters. The smallest absolute Gasteiger partial charge is 0.252 e. The summed E-state index contributed by atoms with van der Waals surface area (Å²) in [7, 11) is 0. The number of nitrogens with zero attached hydrogens (tertiary/aromatic N) is 2. The maximum absolute atomic E-state index is 12.7. The van der Waals surface area contributed by atoms with Crippen LogP contribution in [0.25, 0.3) is 10.2 Å². The van der Waals surface area contributed by atoms with E-state index in [4.69, 9.17) is 9.47 Å². The number of carbonyl (C=O) groups excluding carboxylic acids is 1. The summed E-state index contributed by atoms with van der Waals surface area (Å²) >= 11 is 3.37. The van der Waals surface area contributed by atoms with Crippen LogP contribution in [0.3, 0.4) is 0 Å². The summed E-state index contributed by atoms with van der Waals surface area (Å²) in [5.74, 6) is 2.23. The van der Waals surface area contributed by atoms with Crippen molar-refractivity contribution in [3.8, 4) is 11.5 Å². The third kappa shape index (κ3) is 3.82. The first-order valence-corrected chi connectivity index (χ1v) is 11.3. The molecule has 146 valence electrons. The molecule has 1 aliphatic rings. The van der Waals surface area contributed by atoms with Gasteiger partial charge in [0, 0.05) is 12.3 Å². The van der Waals surface area contributed by atoms with Crippen LogP contribution >= 0.6 is 23.1 Å². The highest BCUT2D eigenvalue weighted by atomic mass is 32.2. The summed E-state index contributed by atoms with van der Waals surface area (Å²) in [4.78, 5) is 17.9. The van der Waals surface area contributed by atoms with Crippen molar-refractivity contribution in [1.82, 2.24) is 4.57 Å². The number of aryl methyl sites for hydroxylation is 3. The molecule has 3 aromatic rings. The number of amides is 1. The Labute approximate surface area is 172 Å². The maximum Gasteiger partial charge on any atom is 0.252 e. The highest BCUT2D eigenvalue weighted by Crippen LogP contribution is 2.32. The van der Waals surface area contributed by atoms with Crippen LogP contribution in [0.1, 0.15) is 16.7 Å². The number of aromatic nitrogens is 1. The minimum absolute atomic E-state index is 0.156. The van der Waals surface area contributed by atoms with Crippen LogP contribution in [0.4, 0.5) is 0 Å². The lowest BCUT2D eigenvalue weighted by Crippen LogP contribution is -2.18. The quantitative estimate of drug-likeness (QED) is 0.631. The molecule has 5 nitrogen and oxygen atoms in total. The van der Waals surface area contributed by atoms with E-state index in [0.29, 0.717) is 5.75 Å². The van der Waals surface area contributed by atoms with Gasteiger partial charge in [-0.1, -0.05) is 17.4 Å². The van der Waals surface area contributed by atoms with Gasteiger partial charge in [0.05, 0.1) is 16.6 Å². The number of ether oxygens (including phenoxy) is 2. The van der Waals surface area contributed by atoms with E-state index < -0.39 is 0 Å². The van der Waals surface area contributed by atoms with E-state index in [1.165, 1.54) is 15.8 Å². The van der Waals surface area contributed by atoms with E-state index in [9.17, 15) is 4.79 Å². The van der Waals surface area contributed by atoms with Crippen molar-refractivity contribution >= 4 is 39.2 Å². The summed E-state index contributed by atoms with van der Waals surface area (Å²) in [6.45, 7) is 5.29. The molecule has 0 N–H and O–H groups in total. The molecule has 7 heteroatoms. The van der Waals surface area contributed by atoms with E-state index in [1.54, 1.807) is 23.1 Å². The maximum atomic E-state index is 12.7. The second-order valence-corrected chi connectivity index (χ2v) is 8.80. The van der Waals surface area contributed by atoms with E-state index in [-0.39, 0.29) is 19.1 Å². The molecule has 4 rings (SSSR count). The summed E-state index contributed by atoms with van der Waals surface area (Å²) in [6, 6.07) is 9.97. The fourth-order valence-electron chi connectivity index (χ4n) is 3.18. The molecule has 2 aromatic carbocycles. The molecule has 0 radical (unpaired) electrons. The molecule has 28 heavy (non-hydrogen) atoms. The molecular formula is C21H22N2O3S2. The van der Waals surface area contributed by atoms with E-state index >= 15 is 0 Å². The largest absolute Gasteiger partial charge is 0.454 e. The summed E-state index contributed by atoms with van der Waals surface area (Å²) in [5, 5.41) is 0. The van der Waals surface area contributed by atoms with Crippen LogP contribution in [-0.2, 0) is 17.8 Å². The zero-order valence-corrected chi connectivity index (χ0v) is 17.8. The fraction of sp³-hybridized carbons (Fsp3) is 0.333. The normalized spacial score (nSPS) is 13.5. The van der Waals surface area contributed by atoms with Gasteiger partial charge < -0.3 is 14.0 Å². The molecule has 0 fully saturated rings. The lowest BCUT2D eigenvalue weighted by Gasteiger charge is -2.06. The molecular weight excluding hydrogens is 392 g/mol. The molecule has 0 saturated carbocycles. The summed E-state index contributed by atoms with van der Waals surface area (Å²) in [5.41, 5.74) is 4.53. The minimum atomic E-state index is -0.156. The highest BCUT2D eigenvalue weighted by molar-refractivity contribution is 7.98. The Morgan fingerprint density at radius 2 is 1.96 bits per heavy atom. The molecule has 2 heterocycles. The predicted octanol–water partition coefficient (Wildman–Crippen LogP) is 4.08. The second kappa shape index (κ2) is 8.01. The number of rotatable bonds is 5. The Balaban J connectivity index is 1.68. The van der Waals surface area contributed by atoms with Crippen LogP contribution in [0.5, 0.6) is 11.5 Å².